The normalized spacial score (nSPS) is 12.0. The number of hydrogen-bond donors (Lipinski definition) is 3. The van der Waals surface area contributed by atoms with Crippen LogP contribution >= 0.6 is 11.6 Å². The Morgan fingerprint density at radius 2 is 2.08 bits per heavy atom. The van der Waals surface area contributed by atoms with Crippen LogP contribution in [0.1, 0.15) is 17.3 Å². The molecule has 3 N–H and O–H groups in total. The summed E-state index contributed by atoms with van der Waals surface area (Å²) in [6, 6.07) is 9.36. The Hall–Kier alpha value is -2.97. The molecule has 26 heavy (non-hydrogen) atoms. The van der Waals surface area contributed by atoms with Crippen molar-refractivity contribution >= 4 is 17.5 Å². The van der Waals surface area contributed by atoms with Crippen molar-refractivity contribution in [2.24, 2.45) is 0 Å². The minimum Gasteiger partial charge on any atom is -0.394 e. The number of rotatable bonds is 5. The molecule has 0 aliphatic carbocycles. The molecule has 3 aromatic rings. The molecule has 1 aromatic carbocycles. The molecule has 0 aliphatic heterocycles. The molecular weight excluding hydrogens is 358 g/mol. The summed E-state index contributed by atoms with van der Waals surface area (Å²) in [5, 5.41) is 23.0. The zero-order valence-corrected chi connectivity index (χ0v) is 14.6. The molecule has 2 heterocycles. The first-order valence-electron chi connectivity index (χ1n) is 7.81. The molecule has 0 aliphatic rings. The maximum absolute atomic E-state index is 12.7. The molecule has 0 bridgehead atoms. The van der Waals surface area contributed by atoms with Gasteiger partial charge in [-0.25, -0.2) is 0 Å². The van der Waals surface area contributed by atoms with E-state index in [1.807, 2.05) is 0 Å². The Kier molecular flexibility index (Phi) is 5.15. The molecule has 0 radical (unpaired) electrons. The standard InChI is InChI=1S/C17H16ClN5O3/c1-10(9-24)20-16(25)13-8-14(11-2-4-12(18)5-3-11)22-23(17(13)26)15-6-7-19-21-15/h2-8,10,24H,9H2,1H3,(H,19,21)(H,20,25)/t10-/m0/s1. The van der Waals surface area contributed by atoms with Gasteiger partial charge in [-0.15, -0.1) is 0 Å². The van der Waals surface area contributed by atoms with Gasteiger partial charge < -0.3 is 10.4 Å². The number of amides is 1. The molecule has 0 saturated carbocycles. The smallest absolute Gasteiger partial charge is 0.285 e. The van der Waals surface area contributed by atoms with Crippen molar-refractivity contribution in [1.29, 1.82) is 0 Å². The van der Waals surface area contributed by atoms with Crippen LogP contribution in [0.4, 0.5) is 0 Å². The fraction of sp³-hybridized carbons (Fsp3) is 0.176. The molecule has 0 saturated heterocycles. The van der Waals surface area contributed by atoms with E-state index in [-0.39, 0.29) is 12.2 Å². The van der Waals surface area contributed by atoms with Crippen LogP contribution in [0.5, 0.6) is 0 Å². The van der Waals surface area contributed by atoms with Gasteiger partial charge in [-0.1, -0.05) is 23.7 Å². The van der Waals surface area contributed by atoms with Gasteiger partial charge in [0, 0.05) is 22.7 Å². The summed E-state index contributed by atoms with van der Waals surface area (Å²) >= 11 is 5.92. The van der Waals surface area contributed by atoms with Gasteiger partial charge in [0.05, 0.1) is 18.5 Å². The largest absolute Gasteiger partial charge is 0.394 e. The lowest BCUT2D eigenvalue weighted by Crippen LogP contribution is -2.39. The Morgan fingerprint density at radius 1 is 1.35 bits per heavy atom. The SMILES string of the molecule is C[C@@H](CO)NC(=O)c1cc(-c2ccc(Cl)cc2)nn(-c2ccn[nH]2)c1=O. The van der Waals surface area contributed by atoms with Crippen LogP contribution in [0.15, 0.2) is 47.4 Å². The summed E-state index contributed by atoms with van der Waals surface area (Å²) in [7, 11) is 0. The first-order valence-corrected chi connectivity index (χ1v) is 8.19. The molecule has 0 unspecified atom stereocenters. The van der Waals surface area contributed by atoms with Gasteiger partial charge in [0.1, 0.15) is 5.56 Å². The fourth-order valence-corrected chi connectivity index (χ4v) is 2.42. The van der Waals surface area contributed by atoms with Crippen LogP contribution < -0.4 is 10.9 Å². The summed E-state index contributed by atoms with van der Waals surface area (Å²) < 4.78 is 1.08. The van der Waals surface area contributed by atoms with Crippen molar-refractivity contribution in [3.05, 3.63) is 63.5 Å². The monoisotopic (exact) mass is 373 g/mol. The van der Waals surface area contributed by atoms with Gasteiger partial charge in [-0.05, 0) is 25.1 Å². The second-order valence-electron chi connectivity index (χ2n) is 5.67. The summed E-state index contributed by atoms with van der Waals surface area (Å²) in [6.07, 6.45) is 1.48. The minimum absolute atomic E-state index is 0.0974. The number of benzene rings is 1. The summed E-state index contributed by atoms with van der Waals surface area (Å²) in [5.41, 5.74) is 0.402. The van der Waals surface area contributed by atoms with Crippen LogP contribution in [0, 0.1) is 0 Å². The van der Waals surface area contributed by atoms with Gasteiger partial charge in [0.2, 0.25) is 0 Å². The topological polar surface area (TPSA) is 113 Å². The molecule has 8 nitrogen and oxygen atoms in total. The van der Waals surface area contributed by atoms with E-state index in [4.69, 9.17) is 16.7 Å². The highest BCUT2D eigenvalue weighted by atomic mass is 35.5. The zero-order valence-electron chi connectivity index (χ0n) is 13.8. The van der Waals surface area contributed by atoms with Crippen molar-refractivity contribution in [3.63, 3.8) is 0 Å². The van der Waals surface area contributed by atoms with Crippen molar-refractivity contribution in [1.82, 2.24) is 25.3 Å². The van der Waals surface area contributed by atoms with Crippen LogP contribution in [-0.2, 0) is 0 Å². The van der Waals surface area contributed by atoms with Gasteiger partial charge in [-0.3, -0.25) is 14.7 Å². The van der Waals surface area contributed by atoms with Gasteiger partial charge in [0.15, 0.2) is 5.82 Å². The third-order valence-corrected chi connectivity index (χ3v) is 3.91. The number of carbonyl (C=O) groups excluding carboxylic acids is 1. The maximum Gasteiger partial charge on any atom is 0.285 e. The van der Waals surface area contributed by atoms with Crippen LogP contribution in [0.2, 0.25) is 5.02 Å². The lowest BCUT2D eigenvalue weighted by Gasteiger charge is -2.12. The Labute approximate surface area is 153 Å². The highest BCUT2D eigenvalue weighted by molar-refractivity contribution is 6.30. The van der Waals surface area contributed by atoms with Gasteiger partial charge >= 0.3 is 0 Å². The zero-order chi connectivity index (χ0) is 18.7. The van der Waals surface area contributed by atoms with E-state index in [1.54, 1.807) is 37.3 Å². The van der Waals surface area contributed by atoms with E-state index in [2.05, 4.69) is 20.6 Å². The number of halogens is 1. The quantitative estimate of drug-likeness (QED) is 0.625. The fourth-order valence-electron chi connectivity index (χ4n) is 2.30. The molecular formula is C17H16ClN5O3. The predicted octanol–water partition coefficient (Wildman–Crippen LogP) is 1.39. The van der Waals surface area contributed by atoms with E-state index < -0.39 is 17.5 Å². The summed E-state index contributed by atoms with van der Waals surface area (Å²) in [6.45, 7) is 1.39. The van der Waals surface area contributed by atoms with Crippen molar-refractivity contribution in [2.75, 3.05) is 6.61 Å². The summed E-state index contributed by atoms with van der Waals surface area (Å²) in [4.78, 5) is 25.2. The second-order valence-corrected chi connectivity index (χ2v) is 6.10. The van der Waals surface area contributed by atoms with Crippen LogP contribution in [0.3, 0.4) is 0 Å². The number of nitrogens with one attached hydrogen (secondary N) is 2. The molecule has 3 rings (SSSR count). The van der Waals surface area contributed by atoms with Gasteiger partial charge in [0.25, 0.3) is 11.5 Å². The van der Waals surface area contributed by atoms with Crippen LogP contribution in [0.25, 0.3) is 17.1 Å². The average molecular weight is 374 g/mol. The van der Waals surface area contributed by atoms with Crippen LogP contribution in [-0.4, -0.2) is 43.6 Å². The van der Waals surface area contributed by atoms with Crippen molar-refractivity contribution in [3.8, 4) is 17.1 Å². The first kappa shape index (κ1) is 17.8. The lowest BCUT2D eigenvalue weighted by molar-refractivity contribution is 0.0920. The van der Waals surface area contributed by atoms with E-state index in [0.717, 1.165) is 4.68 Å². The molecule has 1 amide bonds. The van der Waals surface area contributed by atoms with E-state index in [0.29, 0.717) is 22.1 Å². The molecule has 0 fully saturated rings. The number of nitrogens with zero attached hydrogens (tertiary/aromatic N) is 3. The number of aliphatic hydroxyl groups is 1. The maximum atomic E-state index is 12.7. The highest BCUT2D eigenvalue weighted by Crippen LogP contribution is 2.20. The van der Waals surface area contributed by atoms with Gasteiger partial charge in [-0.2, -0.15) is 14.9 Å². The number of aromatic amines is 1. The Bertz CT molecular complexity index is 967. The second kappa shape index (κ2) is 7.51. The number of carbonyl (C=O) groups is 1. The highest BCUT2D eigenvalue weighted by Gasteiger charge is 2.19. The third kappa shape index (κ3) is 3.66. The summed E-state index contributed by atoms with van der Waals surface area (Å²) in [5.74, 6) is -0.266. The van der Waals surface area contributed by atoms with E-state index in [1.165, 1.54) is 12.3 Å². The Balaban J connectivity index is 2.15. The number of H-pyrrole nitrogens is 1. The molecule has 9 heteroatoms. The third-order valence-electron chi connectivity index (χ3n) is 3.66. The first-order chi connectivity index (χ1) is 12.5. The molecule has 0 spiro atoms. The predicted molar refractivity (Wildman–Crippen MR) is 96.4 cm³/mol. The van der Waals surface area contributed by atoms with Crippen molar-refractivity contribution in [2.45, 2.75) is 13.0 Å². The molecule has 1 atom stereocenters. The number of hydrogen-bond acceptors (Lipinski definition) is 5. The number of aliphatic hydroxyl groups excluding tert-OH is 1. The van der Waals surface area contributed by atoms with Crippen molar-refractivity contribution < 1.29 is 9.90 Å². The number of aromatic nitrogens is 4. The lowest BCUT2D eigenvalue weighted by atomic mass is 10.1. The molecule has 2 aromatic heterocycles. The van der Waals surface area contributed by atoms with E-state index >= 15 is 0 Å². The average Bonchev–Trinajstić information content (AvgIpc) is 3.17. The van der Waals surface area contributed by atoms with E-state index in [9.17, 15) is 9.59 Å². The molecule has 134 valence electrons. The minimum atomic E-state index is -0.602. The Morgan fingerprint density at radius 3 is 2.69 bits per heavy atom.